The molecule has 104 valence electrons. The number of thioether (sulfide) groups is 1. The molecule has 1 saturated heterocycles. The summed E-state index contributed by atoms with van der Waals surface area (Å²) in [6.07, 6.45) is 0.642. The number of nitrogens with one attached hydrogen (secondary N) is 1. The number of benzene rings is 1. The minimum absolute atomic E-state index is 0.322. The van der Waals surface area contributed by atoms with Crippen molar-refractivity contribution in [3.8, 4) is 5.75 Å². The number of hydrogen-bond acceptors (Lipinski definition) is 5. The largest absolute Gasteiger partial charge is 0.479 e. The second-order valence-electron chi connectivity index (χ2n) is 4.02. The zero-order chi connectivity index (χ0) is 14.7. The van der Waals surface area contributed by atoms with E-state index in [2.05, 4.69) is 5.32 Å². The number of carbonyl (C=O) groups is 3. The molecule has 0 bridgehead atoms. The zero-order valence-electron chi connectivity index (χ0n) is 10.5. The Hall–Kier alpha value is -2.28. The molecular weight excluding hydrogens is 282 g/mol. The first-order valence-corrected chi connectivity index (χ1v) is 6.52. The number of rotatable bonds is 4. The molecule has 1 fully saturated rings. The Morgan fingerprint density at radius 2 is 2.00 bits per heavy atom. The SMILES string of the molecule is C[C@H](Oc1ccc(/C=C2/SC(=O)NC2=O)cc1)C(=O)O. The predicted octanol–water partition coefficient (Wildman–Crippen LogP) is 1.86. The van der Waals surface area contributed by atoms with Crippen molar-refractivity contribution in [1.29, 1.82) is 0 Å². The van der Waals surface area contributed by atoms with Crippen molar-refractivity contribution in [3.05, 3.63) is 34.7 Å². The summed E-state index contributed by atoms with van der Waals surface area (Å²) in [5.74, 6) is -1.05. The maximum absolute atomic E-state index is 11.4. The molecule has 1 heterocycles. The van der Waals surface area contributed by atoms with Crippen molar-refractivity contribution in [2.45, 2.75) is 13.0 Å². The van der Waals surface area contributed by atoms with Crippen LogP contribution in [0.15, 0.2) is 29.2 Å². The normalized spacial score (nSPS) is 17.9. The number of aliphatic carboxylic acids is 1. The second kappa shape index (κ2) is 5.79. The Morgan fingerprint density at radius 3 is 2.50 bits per heavy atom. The molecule has 1 atom stereocenters. The van der Waals surface area contributed by atoms with Crippen LogP contribution in [-0.2, 0) is 9.59 Å². The van der Waals surface area contributed by atoms with Gasteiger partial charge >= 0.3 is 5.97 Å². The van der Waals surface area contributed by atoms with Gasteiger partial charge in [0.05, 0.1) is 4.91 Å². The van der Waals surface area contributed by atoms with E-state index in [1.54, 1.807) is 30.3 Å². The van der Waals surface area contributed by atoms with E-state index in [9.17, 15) is 14.4 Å². The summed E-state index contributed by atoms with van der Waals surface area (Å²) in [7, 11) is 0. The van der Waals surface area contributed by atoms with Crippen molar-refractivity contribution in [1.82, 2.24) is 5.32 Å². The van der Waals surface area contributed by atoms with Gasteiger partial charge in [0.1, 0.15) is 5.75 Å². The van der Waals surface area contributed by atoms with E-state index in [-0.39, 0.29) is 0 Å². The molecule has 2 rings (SSSR count). The second-order valence-corrected chi connectivity index (χ2v) is 5.03. The summed E-state index contributed by atoms with van der Waals surface area (Å²) in [4.78, 5) is 33.3. The van der Waals surface area contributed by atoms with Gasteiger partial charge in [-0.15, -0.1) is 0 Å². The van der Waals surface area contributed by atoms with E-state index in [0.29, 0.717) is 16.2 Å². The lowest BCUT2D eigenvalue weighted by Crippen LogP contribution is -2.22. The van der Waals surface area contributed by atoms with Crippen LogP contribution in [0.1, 0.15) is 12.5 Å². The monoisotopic (exact) mass is 293 g/mol. The van der Waals surface area contributed by atoms with Crippen molar-refractivity contribution in [2.24, 2.45) is 0 Å². The fourth-order valence-electron chi connectivity index (χ4n) is 1.47. The van der Waals surface area contributed by atoms with Gasteiger partial charge < -0.3 is 9.84 Å². The Balaban J connectivity index is 2.09. The first-order valence-electron chi connectivity index (χ1n) is 5.70. The first kappa shape index (κ1) is 14.1. The van der Waals surface area contributed by atoms with E-state index in [1.807, 2.05) is 0 Å². The molecule has 0 spiro atoms. The number of carboxylic acids is 1. The third-order valence-electron chi connectivity index (χ3n) is 2.48. The zero-order valence-corrected chi connectivity index (χ0v) is 11.3. The van der Waals surface area contributed by atoms with Crippen LogP contribution in [0.5, 0.6) is 5.75 Å². The fraction of sp³-hybridized carbons (Fsp3) is 0.154. The summed E-state index contributed by atoms with van der Waals surface area (Å²) < 4.78 is 5.18. The van der Waals surface area contributed by atoms with Crippen molar-refractivity contribution in [3.63, 3.8) is 0 Å². The van der Waals surface area contributed by atoms with Crippen LogP contribution < -0.4 is 10.1 Å². The molecule has 2 amide bonds. The van der Waals surface area contributed by atoms with Crippen LogP contribution in [0.2, 0.25) is 0 Å². The highest BCUT2D eigenvalue weighted by Gasteiger charge is 2.24. The van der Waals surface area contributed by atoms with E-state index < -0.39 is 23.2 Å². The van der Waals surface area contributed by atoms with Crippen LogP contribution in [0.25, 0.3) is 6.08 Å². The molecular formula is C13H11NO5S. The average molecular weight is 293 g/mol. The molecule has 1 aromatic carbocycles. The van der Waals surface area contributed by atoms with Gasteiger partial charge in [-0.05, 0) is 42.5 Å². The summed E-state index contributed by atoms with van der Waals surface area (Å²) in [5.41, 5.74) is 0.715. The van der Waals surface area contributed by atoms with Crippen LogP contribution in [0, 0.1) is 0 Å². The molecule has 1 aliphatic rings. The van der Waals surface area contributed by atoms with Crippen molar-refractivity contribution in [2.75, 3.05) is 0 Å². The molecule has 1 aliphatic heterocycles. The quantitative estimate of drug-likeness (QED) is 0.823. The van der Waals surface area contributed by atoms with E-state index in [0.717, 1.165) is 11.8 Å². The molecule has 0 radical (unpaired) electrons. The summed E-state index contributed by atoms with van der Waals surface area (Å²) in [5, 5.41) is 10.5. The van der Waals surface area contributed by atoms with Gasteiger partial charge in [-0.25, -0.2) is 4.79 Å². The Labute approximate surface area is 118 Å². The summed E-state index contributed by atoms with van der Waals surface area (Å²) >= 11 is 0.840. The number of carboxylic acid groups (broad SMARTS) is 1. The van der Waals surface area contributed by atoms with Crippen LogP contribution in [0.4, 0.5) is 4.79 Å². The van der Waals surface area contributed by atoms with Gasteiger partial charge in [-0.1, -0.05) is 12.1 Å². The van der Waals surface area contributed by atoms with Crippen molar-refractivity contribution >= 4 is 35.0 Å². The number of ether oxygens (including phenoxy) is 1. The third-order valence-corrected chi connectivity index (χ3v) is 3.29. The van der Waals surface area contributed by atoms with Crippen LogP contribution >= 0.6 is 11.8 Å². The van der Waals surface area contributed by atoms with Crippen molar-refractivity contribution < 1.29 is 24.2 Å². The number of hydrogen-bond donors (Lipinski definition) is 2. The molecule has 2 N–H and O–H groups in total. The summed E-state index contributed by atoms with van der Waals surface area (Å²) in [6, 6.07) is 6.55. The van der Waals surface area contributed by atoms with Gasteiger partial charge in [0.25, 0.3) is 11.1 Å². The highest BCUT2D eigenvalue weighted by atomic mass is 32.2. The van der Waals surface area contributed by atoms with Gasteiger partial charge in [0.15, 0.2) is 6.10 Å². The average Bonchev–Trinajstić information content (AvgIpc) is 2.70. The highest BCUT2D eigenvalue weighted by molar-refractivity contribution is 8.18. The van der Waals surface area contributed by atoms with Crippen LogP contribution in [-0.4, -0.2) is 28.3 Å². The lowest BCUT2D eigenvalue weighted by molar-refractivity contribution is -0.144. The number of carbonyl (C=O) groups excluding carboxylic acids is 2. The smallest absolute Gasteiger partial charge is 0.344 e. The molecule has 20 heavy (non-hydrogen) atoms. The Kier molecular flexibility index (Phi) is 4.09. The first-order chi connectivity index (χ1) is 9.45. The standard InChI is InChI=1S/C13H11NO5S/c1-7(12(16)17)19-9-4-2-8(3-5-9)6-10-11(15)14-13(18)20-10/h2-7H,1H3,(H,16,17)(H,14,15,18)/b10-6+/t7-/m0/s1. The minimum atomic E-state index is -1.05. The molecule has 0 saturated carbocycles. The minimum Gasteiger partial charge on any atom is -0.479 e. The van der Waals surface area contributed by atoms with Gasteiger partial charge in [-0.3, -0.25) is 14.9 Å². The molecule has 7 heteroatoms. The Bertz CT molecular complexity index is 593. The van der Waals surface area contributed by atoms with Crippen LogP contribution in [0.3, 0.4) is 0 Å². The van der Waals surface area contributed by atoms with Gasteiger partial charge in [-0.2, -0.15) is 0 Å². The fourth-order valence-corrected chi connectivity index (χ4v) is 2.15. The number of amides is 2. The van der Waals surface area contributed by atoms with Gasteiger partial charge in [0, 0.05) is 0 Å². The lowest BCUT2D eigenvalue weighted by atomic mass is 10.2. The lowest BCUT2D eigenvalue weighted by Gasteiger charge is -2.10. The molecule has 1 aromatic rings. The topological polar surface area (TPSA) is 92.7 Å². The molecule has 0 unspecified atom stereocenters. The third kappa shape index (κ3) is 3.39. The summed E-state index contributed by atoms with van der Waals surface area (Å²) in [6.45, 7) is 1.43. The maximum Gasteiger partial charge on any atom is 0.344 e. The number of imide groups is 1. The van der Waals surface area contributed by atoms with E-state index in [4.69, 9.17) is 9.84 Å². The van der Waals surface area contributed by atoms with E-state index >= 15 is 0 Å². The predicted molar refractivity (Wildman–Crippen MR) is 73.3 cm³/mol. The van der Waals surface area contributed by atoms with E-state index in [1.165, 1.54) is 6.92 Å². The Morgan fingerprint density at radius 1 is 1.35 bits per heavy atom. The molecule has 0 aliphatic carbocycles. The highest BCUT2D eigenvalue weighted by Crippen LogP contribution is 2.26. The maximum atomic E-state index is 11.4. The molecule has 6 nitrogen and oxygen atoms in total. The van der Waals surface area contributed by atoms with Gasteiger partial charge in [0.2, 0.25) is 0 Å². The molecule has 0 aromatic heterocycles.